The van der Waals surface area contributed by atoms with Gasteiger partial charge in [-0.2, -0.15) is 0 Å². The quantitative estimate of drug-likeness (QED) is 0.494. The number of hydrogen-bond donors (Lipinski definition) is 1. The minimum atomic E-state index is 0.502. The molecule has 0 aromatic rings. The van der Waals surface area contributed by atoms with Gasteiger partial charge in [0.2, 0.25) is 0 Å². The Morgan fingerprint density at radius 1 is 1.22 bits per heavy atom. The largest absolute Gasteiger partial charge is 0.328 e. The SMILES string of the molecule is CC1CCCC[C@@H](N)C1. The zero-order chi connectivity index (χ0) is 6.69. The second-order valence-electron chi connectivity index (χ2n) is 3.39. The van der Waals surface area contributed by atoms with Crippen LogP contribution in [0.2, 0.25) is 0 Å². The fourth-order valence-corrected chi connectivity index (χ4v) is 1.65. The Bertz CT molecular complexity index is 70.6. The first-order valence-corrected chi connectivity index (χ1v) is 4.04. The predicted octanol–water partition coefficient (Wildman–Crippen LogP) is 1.91. The minimum absolute atomic E-state index is 0.502. The van der Waals surface area contributed by atoms with Crippen LogP contribution in [0.15, 0.2) is 0 Å². The van der Waals surface area contributed by atoms with Gasteiger partial charge < -0.3 is 5.73 Å². The fraction of sp³-hybridized carbons (Fsp3) is 1.00. The summed E-state index contributed by atoms with van der Waals surface area (Å²) in [7, 11) is 0. The molecular weight excluding hydrogens is 110 g/mol. The topological polar surface area (TPSA) is 26.0 Å². The van der Waals surface area contributed by atoms with E-state index in [0.717, 1.165) is 5.92 Å². The van der Waals surface area contributed by atoms with Crippen LogP contribution in [0.5, 0.6) is 0 Å². The molecule has 1 nitrogen and oxygen atoms in total. The van der Waals surface area contributed by atoms with Gasteiger partial charge in [0.1, 0.15) is 0 Å². The first kappa shape index (κ1) is 7.07. The molecule has 0 saturated heterocycles. The van der Waals surface area contributed by atoms with Gasteiger partial charge in [-0.25, -0.2) is 0 Å². The molecule has 0 aromatic carbocycles. The molecule has 1 heteroatoms. The molecule has 54 valence electrons. The summed E-state index contributed by atoms with van der Waals surface area (Å²) in [5.74, 6) is 0.877. The van der Waals surface area contributed by atoms with Crippen molar-refractivity contribution in [2.45, 2.75) is 45.1 Å². The van der Waals surface area contributed by atoms with Crippen molar-refractivity contribution in [3.63, 3.8) is 0 Å². The van der Waals surface area contributed by atoms with Crippen LogP contribution >= 0.6 is 0 Å². The highest BCUT2D eigenvalue weighted by Crippen LogP contribution is 2.20. The Morgan fingerprint density at radius 3 is 2.67 bits per heavy atom. The third-order valence-electron chi connectivity index (χ3n) is 2.23. The van der Waals surface area contributed by atoms with E-state index in [1.807, 2.05) is 0 Å². The third kappa shape index (κ3) is 2.35. The zero-order valence-electron chi connectivity index (χ0n) is 6.27. The summed E-state index contributed by atoms with van der Waals surface area (Å²) in [6.45, 7) is 2.31. The highest BCUT2D eigenvalue weighted by molar-refractivity contribution is 4.69. The number of rotatable bonds is 0. The van der Waals surface area contributed by atoms with E-state index in [4.69, 9.17) is 5.73 Å². The summed E-state index contributed by atoms with van der Waals surface area (Å²) in [6, 6.07) is 0.502. The molecule has 0 heterocycles. The van der Waals surface area contributed by atoms with Crippen LogP contribution < -0.4 is 5.73 Å². The van der Waals surface area contributed by atoms with Crippen LogP contribution in [0.1, 0.15) is 39.0 Å². The van der Waals surface area contributed by atoms with E-state index in [2.05, 4.69) is 6.92 Å². The lowest BCUT2D eigenvalue weighted by atomic mass is 10.0. The Labute approximate surface area is 57.6 Å². The summed E-state index contributed by atoms with van der Waals surface area (Å²) in [4.78, 5) is 0. The Morgan fingerprint density at radius 2 is 1.89 bits per heavy atom. The zero-order valence-corrected chi connectivity index (χ0v) is 6.27. The van der Waals surface area contributed by atoms with Gasteiger partial charge in [-0.3, -0.25) is 0 Å². The highest BCUT2D eigenvalue weighted by Gasteiger charge is 2.12. The summed E-state index contributed by atoms with van der Waals surface area (Å²) in [5.41, 5.74) is 5.83. The van der Waals surface area contributed by atoms with Gasteiger partial charge in [0.15, 0.2) is 0 Å². The van der Waals surface area contributed by atoms with E-state index in [0.29, 0.717) is 6.04 Å². The van der Waals surface area contributed by atoms with Crippen molar-refractivity contribution in [2.75, 3.05) is 0 Å². The molecule has 0 amide bonds. The van der Waals surface area contributed by atoms with E-state index in [9.17, 15) is 0 Å². The van der Waals surface area contributed by atoms with Crippen molar-refractivity contribution < 1.29 is 0 Å². The maximum atomic E-state index is 5.83. The molecule has 1 rings (SSSR count). The molecule has 1 fully saturated rings. The van der Waals surface area contributed by atoms with E-state index in [1.54, 1.807) is 0 Å². The van der Waals surface area contributed by atoms with Gasteiger partial charge in [-0.1, -0.05) is 26.2 Å². The molecule has 1 unspecified atom stereocenters. The van der Waals surface area contributed by atoms with Crippen molar-refractivity contribution in [3.8, 4) is 0 Å². The number of hydrogen-bond acceptors (Lipinski definition) is 1. The molecule has 0 bridgehead atoms. The van der Waals surface area contributed by atoms with E-state index in [-0.39, 0.29) is 0 Å². The standard InChI is InChI=1S/C8H17N/c1-7-4-2-3-5-8(9)6-7/h7-8H,2-6,9H2,1H3/t7?,8-/m1/s1. The summed E-state index contributed by atoms with van der Waals surface area (Å²) in [6.07, 6.45) is 6.65. The first-order chi connectivity index (χ1) is 4.29. The maximum Gasteiger partial charge on any atom is 0.00413 e. The van der Waals surface area contributed by atoms with Crippen molar-refractivity contribution >= 4 is 0 Å². The lowest BCUT2D eigenvalue weighted by molar-refractivity contribution is 0.469. The second-order valence-corrected chi connectivity index (χ2v) is 3.39. The Balaban J connectivity index is 2.29. The summed E-state index contributed by atoms with van der Waals surface area (Å²) < 4.78 is 0. The lowest BCUT2D eigenvalue weighted by Crippen LogP contribution is -2.20. The molecule has 2 N–H and O–H groups in total. The summed E-state index contributed by atoms with van der Waals surface area (Å²) >= 11 is 0. The van der Waals surface area contributed by atoms with Crippen molar-refractivity contribution in [3.05, 3.63) is 0 Å². The van der Waals surface area contributed by atoms with Crippen LogP contribution in [0, 0.1) is 5.92 Å². The van der Waals surface area contributed by atoms with E-state index in [1.165, 1.54) is 32.1 Å². The van der Waals surface area contributed by atoms with Gasteiger partial charge in [0.25, 0.3) is 0 Å². The molecule has 1 saturated carbocycles. The molecule has 0 spiro atoms. The van der Waals surface area contributed by atoms with Gasteiger partial charge in [0.05, 0.1) is 0 Å². The highest BCUT2D eigenvalue weighted by atomic mass is 14.6. The molecule has 0 aliphatic heterocycles. The van der Waals surface area contributed by atoms with Crippen LogP contribution in [0.3, 0.4) is 0 Å². The van der Waals surface area contributed by atoms with Gasteiger partial charge >= 0.3 is 0 Å². The van der Waals surface area contributed by atoms with Crippen molar-refractivity contribution in [1.82, 2.24) is 0 Å². The molecular formula is C8H17N. The van der Waals surface area contributed by atoms with E-state index < -0.39 is 0 Å². The Kier molecular flexibility index (Phi) is 2.52. The third-order valence-corrected chi connectivity index (χ3v) is 2.23. The first-order valence-electron chi connectivity index (χ1n) is 4.04. The van der Waals surface area contributed by atoms with Crippen molar-refractivity contribution in [2.24, 2.45) is 11.7 Å². The maximum absolute atomic E-state index is 5.83. The monoisotopic (exact) mass is 127 g/mol. The lowest BCUT2D eigenvalue weighted by Gasteiger charge is -2.10. The summed E-state index contributed by atoms with van der Waals surface area (Å²) in [5, 5.41) is 0. The molecule has 0 radical (unpaired) electrons. The molecule has 1 aliphatic carbocycles. The molecule has 0 aromatic heterocycles. The van der Waals surface area contributed by atoms with Gasteiger partial charge in [-0.05, 0) is 18.8 Å². The van der Waals surface area contributed by atoms with Gasteiger partial charge in [-0.15, -0.1) is 0 Å². The van der Waals surface area contributed by atoms with Crippen molar-refractivity contribution in [1.29, 1.82) is 0 Å². The van der Waals surface area contributed by atoms with E-state index >= 15 is 0 Å². The Hall–Kier alpha value is -0.0400. The predicted molar refractivity (Wildman–Crippen MR) is 40.2 cm³/mol. The molecule has 2 atom stereocenters. The van der Waals surface area contributed by atoms with Gasteiger partial charge in [0, 0.05) is 6.04 Å². The van der Waals surface area contributed by atoms with Crippen LogP contribution in [-0.2, 0) is 0 Å². The minimum Gasteiger partial charge on any atom is -0.328 e. The van der Waals surface area contributed by atoms with Crippen LogP contribution in [0.25, 0.3) is 0 Å². The second kappa shape index (κ2) is 3.21. The van der Waals surface area contributed by atoms with Crippen LogP contribution in [-0.4, -0.2) is 6.04 Å². The number of nitrogens with two attached hydrogens (primary N) is 1. The van der Waals surface area contributed by atoms with Crippen LogP contribution in [0.4, 0.5) is 0 Å². The molecule has 9 heavy (non-hydrogen) atoms. The normalized spacial score (nSPS) is 38.0. The smallest absolute Gasteiger partial charge is 0.00413 e. The molecule has 1 aliphatic rings. The average Bonchev–Trinajstić information content (AvgIpc) is 1.93. The average molecular weight is 127 g/mol. The fourth-order valence-electron chi connectivity index (χ4n) is 1.65.